The number of esters is 1. The van der Waals surface area contributed by atoms with Gasteiger partial charge in [0.2, 0.25) is 5.75 Å². The highest BCUT2D eigenvalue weighted by Gasteiger charge is 2.25. The smallest absolute Gasteiger partial charge is 0.340 e. The molecule has 0 aliphatic carbocycles. The summed E-state index contributed by atoms with van der Waals surface area (Å²) >= 11 is 0. The van der Waals surface area contributed by atoms with Gasteiger partial charge in [0.15, 0.2) is 11.5 Å². The molecule has 0 bridgehead atoms. The molecule has 0 atom stereocenters. The van der Waals surface area contributed by atoms with Gasteiger partial charge in [0.25, 0.3) is 5.91 Å². The molecule has 1 aromatic heterocycles. The lowest BCUT2D eigenvalue weighted by atomic mass is 10.1. The van der Waals surface area contributed by atoms with Crippen LogP contribution in [0.1, 0.15) is 26.4 Å². The molecule has 0 fully saturated rings. The zero-order valence-corrected chi connectivity index (χ0v) is 16.4. The normalized spacial score (nSPS) is 10.6. The monoisotopic (exact) mass is 383 g/mol. The van der Waals surface area contributed by atoms with Gasteiger partial charge in [-0.1, -0.05) is 18.2 Å². The van der Waals surface area contributed by atoms with Gasteiger partial charge >= 0.3 is 5.97 Å². The summed E-state index contributed by atoms with van der Waals surface area (Å²) in [6.45, 7) is 1.71. The Labute approximate surface area is 162 Å². The van der Waals surface area contributed by atoms with Crippen LogP contribution in [0, 0.1) is 6.92 Å². The fourth-order valence-corrected chi connectivity index (χ4v) is 3.32. The highest BCUT2D eigenvalue weighted by molar-refractivity contribution is 6.11. The summed E-state index contributed by atoms with van der Waals surface area (Å²) in [5, 5.41) is 0.646. The van der Waals surface area contributed by atoms with Gasteiger partial charge in [-0.3, -0.25) is 9.36 Å². The number of hydrogen-bond acceptors (Lipinski definition) is 6. The van der Waals surface area contributed by atoms with Crippen LogP contribution in [0.5, 0.6) is 17.2 Å². The topological polar surface area (TPSA) is 76.0 Å². The summed E-state index contributed by atoms with van der Waals surface area (Å²) in [6.07, 6.45) is 0. The van der Waals surface area contributed by atoms with Crippen molar-refractivity contribution in [3.8, 4) is 17.2 Å². The van der Waals surface area contributed by atoms with Crippen molar-refractivity contribution in [3.63, 3.8) is 0 Å². The molecule has 0 saturated heterocycles. The second-order valence-corrected chi connectivity index (χ2v) is 6.02. The van der Waals surface area contributed by atoms with Gasteiger partial charge in [-0.15, -0.1) is 0 Å². The fraction of sp³-hybridized carbons (Fsp3) is 0.238. The maximum absolute atomic E-state index is 13.4. The van der Waals surface area contributed by atoms with Crippen molar-refractivity contribution in [2.75, 3.05) is 28.4 Å². The van der Waals surface area contributed by atoms with E-state index in [0.29, 0.717) is 45.0 Å². The van der Waals surface area contributed by atoms with Crippen molar-refractivity contribution < 1.29 is 28.5 Å². The van der Waals surface area contributed by atoms with Gasteiger partial charge in [-0.2, -0.15) is 0 Å². The number of benzene rings is 2. The molecule has 0 N–H and O–H groups in total. The Hall–Kier alpha value is -3.48. The van der Waals surface area contributed by atoms with Crippen LogP contribution in [-0.2, 0) is 4.74 Å². The first-order chi connectivity index (χ1) is 13.5. The summed E-state index contributed by atoms with van der Waals surface area (Å²) < 4.78 is 22.4. The van der Waals surface area contributed by atoms with Crippen LogP contribution >= 0.6 is 0 Å². The molecule has 0 spiro atoms. The Kier molecular flexibility index (Phi) is 5.26. The molecule has 0 aliphatic rings. The minimum atomic E-state index is -0.495. The maximum atomic E-state index is 13.4. The second kappa shape index (κ2) is 7.64. The SMILES string of the molecule is COC(=O)c1c(C)n(C(=O)c2cc(OC)c(OC)c(OC)c2)c2ccccc12. The first-order valence-corrected chi connectivity index (χ1v) is 8.51. The summed E-state index contributed by atoms with van der Waals surface area (Å²) in [4.78, 5) is 25.7. The molecular weight excluding hydrogens is 362 g/mol. The van der Waals surface area contributed by atoms with Crippen molar-refractivity contribution in [1.29, 1.82) is 0 Å². The van der Waals surface area contributed by atoms with Crippen LogP contribution in [0.3, 0.4) is 0 Å². The van der Waals surface area contributed by atoms with Crippen molar-refractivity contribution in [3.05, 3.63) is 53.2 Å². The van der Waals surface area contributed by atoms with Crippen LogP contribution in [0.25, 0.3) is 10.9 Å². The van der Waals surface area contributed by atoms with Crippen LogP contribution in [0.15, 0.2) is 36.4 Å². The Morgan fingerprint density at radius 2 is 1.50 bits per heavy atom. The number of para-hydroxylation sites is 1. The number of hydrogen-bond donors (Lipinski definition) is 0. The van der Waals surface area contributed by atoms with Crippen LogP contribution < -0.4 is 14.2 Å². The molecule has 146 valence electrons. The van der Waals surface area contributed by atoms with E-state index in [4.69, 9.17) is 18.9 Å². The Balaban J connectivity index is 2.26. The van der Waals surface area contributed by atoms with Crippen LogP contribution in [0.4, 0.5) is 0 Å². The number of nitrogens with zero attached hydrogens (tertiary/aromatic N) is 1. The lowest BCUT2D eigenvalue weighted by molar-refractivity contribution is 0.0602. The third kappa shape index (κ3) is 2.94. The van der Waals surface area contributed by atoms with Gasteiger partial charge in [-0.05, 0) is 25.1 Å². The number of carbonyl (C=O) groups is 2. The quantitative estimate of drug-likeness (QED) is 0.628. The Morgan fingerprint density at radius 3 is 2.04 bits per heavy atom. The first-order valence-electron chi connectivity index (χ1n) is 8.51. The average Bonchev–Trinajstić information content (AvgIpc) is 3.03. The largest absolute Gasteiger partial charge is 0.493 e. The van der Waals surface area contributed by atoms with Crippen molar-refractivity contribution >= 4 is 22.8 Å². The zero-order chi connectivity index (χ0) is 20.4. The molecule has 1 heterocycles. The van der Waals surface area contributed by atoms with E-state index in [1.165, 1.54) is 33.0 Å². The molecular formula is C21H21NO6. The van der Waals surface area contributed by atoms with Gasteiger partial charge in [-0.25, -0.2) is 4.79 Å². The Morgan fingerprint density at radius 1 is 0.893 bits per heavy atom. The van der Waals surface area contributed by atoms with Crippen molar-refractivity contribution in [2.45, 2.75) is 6.92 Å². The van der Waals surface area contributed by atoms with Gasteiger partial charge in [0.05, 0.1) is 39.5 Å². The summed E-state index contributed by atoms with van der Waals surface area (Å²) in [7, 11) is 5.78. The highest BCUT2D eigenvalue weighted by Crippen LogP contribution is 2.39. The van der Waals surface area contributed by atoms with Gasteiger partial charge in [0, 0.05) is 16.6 Å². The van der Waals surface area contributed by atoms with Crippen molar-refractivity contribution in [2.24, 2.45) is 0 Å². The Bertz CT molecular complexity index is 1040. The van der Waals surface area contributed by atoms with E-state index in [9.17, 15) is 9.59 Å². The minimum absolute atomic E-state index is 0.328. The molecule has 0 saturated carbocycles. The predicted octanol–water partition coefficient (Wildman–Crippen LogP) is 3.45. The molecule has 28 heavy (non-hydrogen) atoms. The number of carbonyl (C=O) groups excluding carboxylic acids is 2. The van der Waals surface area contributed by atoms with Crippen LogP contribution in [-0.4, -0.2) is 44.9 Å². The lowest BCUT2D eigenvalue weighted by Gasteiger charge is -2.14. The molecule has 0 amide bonds. The maximum Gasteiger partial charge on any atom is 0.340 e. The molecule has 7 nitrogen and oxygen atoms in total. The molecule has 0 unspecified atom stereocenters. The standard InChI is InChI=1S/C21H21NO6/c1-12-18(21(24)28-5)14-8-6-7-9-15(14)22(12)20(23)13-10-16(25-2)19(27-4)17(11-13)26-3/h6-11H,1-5H3. The van der Waals surface area contributed by atoms with Crippen LogP contribution in [0.2, 0.25) is 0 Å². The molecule has 7 heteroatoms. The number of fused-ring (bicyclic) bond motifs is 1. The third-order valence-corrected chi connectivity index (χ3v) is 4.62. The fourth-order valence-electron chi connectivity index (χ4n) is 3.32. The van der Waals surface area contributed by atoms with E-state index in [-0.39, 0.29) is 5.91 Å². The van der Waals surface area contributed by atoms with E-state index in [1.54, 1.807) is 31.2 Å². The predicted molar refractivity (Wildman–Crippen MR) is 104 cm³/mol. The van der Waals surface area contributed by atoms with Gasteiger partial charge < -0.3 is 18.9 Å². The molecule has 0 radical (unpaired) electrons. The molecule has 0 aliphatic heterocycles. The summed E-state index contributed by atoms with van der Waals surface area (Å²) in [5.74, 6) is 0.305. The van der Waals surface area contributed by atoms with E-state index >= 15 is 0 Å². The van der Waals surface area contributed by atoms with E-state index in [2.05, 4.69) is 0 Å². The molecule has 3 rings (SSSR count). The number of aromatic nitrogens is 1. The molecule has 3 aromatic rings. The van der Waals surface area contributed by atoms with E-state index in [0.717, 1.165) is 0 Å². The summed E-state index contributed by atoms with van der Waals surface area (Å²) in [5.41, 5.74) is 1.79. The van der Waals surface area contributed by atoms with E-state index in [1.807, 2.05) is 12.1 Å². The van der Waals surface area contributed by atoms with E-state index < -0.39 is 5.97 Å². The number of rotatable bonds is 5. The first kappa shape index (κ1) is 19.3. The van der Waals surface area contributed by atoms with Crippen molar-refractivity contribution in [1.82, 2.24) is 4.57 Å². The minimum Gasteiger partial charge on any atom is -0.493 e. The zero-order valence-electron chi connectivity index (χ0n) is 16.4. The average molecular weight is 383 g/mol. The lowest BCUT2D eigenvalue weighted by Crippen LogP contribution is -2.15. The molecule has 2 aromatic carbocycles. The number of methoxy groups -OCH3 is 4. The third-order valence-electron chi connectivity index (χ3n) is 4.62. The highest BCUT2D eigenvalue weighted by atomic mass is 16.5. The summed E-state index contributed by atoms with van der Waals surface area (Å²) in [6, 6.07) is 10.3. The number of ether oxygens (including phenoxy) is 4. The second-order valence-electron chi connectivity index (χ2n) is 6.02. The van der Waals surface area contributed by atoms with Gasteiger partial charge in [0.1, 0.15) is 0 Å².